The van der Waals surface area contributed by atoms with Gasteiger partial charge in [-0.1, -0.05) is 18.2 Å². The number of para-hydroxylation sites is 1. The van der Waals surface area contributed by atoms with E-state index in [4.69, 9.17) is 9.15 Å². The molecule has 0 radical (unpaired) electrons. The van der Waals surface area contributed by atoms with Crippen LogP contribution in [-0.2, 0) is 11.2 Å². The Morgan fingerprint density at radius 3 is 2.89 bits per heavy atom. The summed E-state index contributed by atoms with van der Waals surface area (Å²) in [7, 11) is 1.51. The summed E-state index contributed by atoms with van der Waals surface area (Å²) in [5.74, 6) is 0.0868. The van der Waals surface area contributed by atoms with Gasteiger partial charge in [-0.3, -0.25) is 9.59 Å². The number of amides is 1. The fraction of sp³-hybridized carbons (Fsp3) is 0.136. The first-order valence-corrected chi connectivity index (χ1v) is 8.73. The number of anilines is 1. The lowest BCUT2D eigenvalue weighted by Crippen LogP contribution is -2.30. The van der Waals surface area contributed by atoms with E-state index < -0.39 is 5.91 Å². The number of carbonyl (C=O) groups excluding carboxylic acids is 1. The summed E-state index contributed by atoms with van der Waals surface area (Å²) in [6.45, 7) is 0.501. The minimum Gasteiger partial charge on any atom is -0.497 e. The standard InChI is InChI=1S/C22H16N2O4/c1-27-17-6-7-20-18(11-17)21(25)16(13-28-20)10-15(12-23)22(26)24-9-8-14-4-2-3-5-19(14)24/h2-7,10-11,13H,8-9H2,1H3/b15-10-. The van der Waals surface area contributed by atoms with Gasteiger partial charge in [0.25, 0.3) is 5.91 Å². The fourth-order valence-electron chi connectivity index (χ4n) is 3.34. The Balaban J connectivity index is 1.75. The van der Waals surface area contributed by atoms with Crippen molar-refractivity contribution in [2.45, 2.75) is 6.42 Å². The van der Waals surface area contributed by atoms with Crippen LogP contribution in [-0.4, -0.2) is 19.6 Å². The van der Waals surface area contributed by atoms with Crippen molar-refractivity contribution in [1.29, 1.82) is 5.26 Å². The molecule has 0 bridgehead atoms. The maximum atomic E-state index is 12.9. The number of hydrogen-bond donors (Lipinski definition) is 0. The van der Waals surface area contributed by atoms with Crippen molar-refractivity contribution in [3.63, 3.8) is 0 Å². The molecule has 1 aliphatic rings. The van der Waals surface area contributed by atoms with Gasteiger partial charge in [0.2, 0.25) is 0 Å². The molecular weight excluding hydrogens is 356 g/mol. The molecule has 0 fully saturated rings. The van der Waals surface area contributed by atoms with Crippen molar-refractivity contribution in [3.8, 4) is 11.8 Å². The number of benzene rings is 2. The molecule has 0 saturated carbocycles. The zero-order valence-electron chi connectivity index (χ0n) is 15.1. The molecule has 4 rings (SSSR count). The molecule has 0 unspecified atom stereocenters. The lowest BCUT2D eigenvalue weighted by molar-refractivity contribution is -0.114. The van der Waals surface area contributed by atoms with Gasteiger partial charge in [0.1, 0.15) is 29.2 Å². The molecule has 1 aliphatic heterocycles. The Morgan fingerprint density at radius 1 is 1.29 bits per heavy atom. The second kappa shape index (κ2) is 7.05. The highest BCUT2D eigenvalue weighted by Gasteiger charge is 2.26. The molecule has 0 saturated heterocycles. The second-order valence-corrected chi connectivity index (χ2v) is 6.39. The van der Waals surface area contributed by atoms with Crippen molar-refractivity contribution in [2.75, 3.05) is 18.6 Å². The van der Waals surface area contributed by atoms with Gasteiger partial charge in [-0.25, -0.2) is 0 Å². The van der Waals surface area contributed by atoms with Crippen LogP contribution in [0, 0.1) is 11.3 Å². The van der Waals surface area contributed by atoms with Crippen molar-refractivity contribution in [1.82, 2.24) is 0 Å². The Hall–Kier alpha value is -3.85. The number of methoxy groups -OCH3 is 1. The maximum Gasteiger partial charge on any atom is 0.268 e. The number of nitriles is 1. The first kappa shape index (κ1) is 17.6. The number of rotatable bonds is 3. The van der Waals surface area contributed by atoms with E-state index in [0.717, 1.165) is 17.7 Å². The Bertz CT molecular complexity index is 1220. The highest BCUT2D eigenvalue weighted by molar-refractivity contribution is 6.12. The molecule has 2 aromatic carbocycles. The highest BCUT2D eigenvalue weighted by atomic mass is 16.5. The van der Waals surface area contributed by atoms with Crippen molar-refractivity contribution >= 4 is 28.6 Å². The lowest BCUT2D eigenvalue weighted by Gasteiger charge is -2.16. The molecule has 0 atom stereocenters. The highest BCUT2D eigenvalue weighted by Crippen LogP contribution is 2.29. The van der Waals surface area contributed by atoms with Crippen LogP contribution in [0.3, 0.4) is 0 Å². The van der Waals surface area contributed by atoms with Crippen LogP contribution in [0.25, 0.3) is 17.0 Å². The summed E-state index contributed by atoms with van der Waals surface area (Å²) in [4.78, 5) is 27.3. The number of ether oxygens (including phenoxy) is 1. The third-order valence-electron chi connectivity index (χ3n) is 4.79. The number of carbonyl (C=O) groups is 1. The first-order valence-electron chi connectivity index (χ1n) is 8.73. The van der Waals surface area contributed by atoms with Gasteiger partial charge in [0.15, 0.2) is 5.43 Å². The summed E-state index contributed by atoms with van der Waals surface area (Å²) in [6.07, 6.45) is 3.28. The molecule has 0 N–H and O–H groups in total. The van der Waals surface area contributed by atoms with Gasteiger partial charge in [0, 0.05) is 12.2 Å². The third kappa shape index (κ3) is 2.93. The van der Waals surface area contributed by atoms with E-state index in [-0.39, 0.29) is 16.6 Å². The molecule has 138 valence electrons. The van der Waals surface area contributed by atoms with Crippen LogP contribution < -0.4 is 15.1 Å². The maximum absolute atomic E-state index is 12.9. The molecule has 1 aromatic heterocycles. The minimum absolute atomic E-state index is 0.119. The molecule has 0 spiro atoms. The van der Waals surface area contributed by atoms with E-state index in [2.05, 4.69) is 0 Å². The summed E-state index contributed by atoms with van der Waals surface area (Å²) >= 11 is 0. The van der Waals surface area contributed by atoms with Crippen molar-refractivity contribution in [2.24, 2.45) is 0 Å². The average Bonchev–Trinajstić information content (AvgIpc) is 3.17. The fourth-order valence-corrected chi connectivity index (χ4v) is 3.34. The average molecular weight is 372 g/mol. The van der Waals surface area contributed by atoms with Crippen molar-refractivity contribution in [3.05, 3.63) is 75.7 Å². The Kier molecular flexibility index (Phi) is 4.42. The molecule has 6 nitrogen and oxygen atoms in total. The Labute approximate surface area is 160 Å². The quantitative estimate of drug-likeness (QED) is 0.520. The van der Waals surface area contributed by atoms with Gasteiger partial charge >= 0.3 is 0 Å². The topological polar surface area (TPSA) is 83.5 Å². The van der Waals surface area contributed by atoms with E-state index in [1.54, 1.807) is 23.1 Å². The van der Waals surface area contributed by atoms with Crippen LogP contribution >= 0.6 is 0 Å². The van der Waals surface area contributed by atoms with Gasteiger partial charge in [-0.05, 0) is 42.3 Å². The van der Waals surface area contributed by atoms with Gasteiger partial charge in [0.05, 0.1) is 18.1 Å². The Morgan fingerprint density at radius 2 is 2.11 bits per heavy atom. The van der Waals surface area contributed by atoms with Crippen LogP contribution in [0.2, 0.25) is 0 Å². The predicted octanol–water partition coefficient (Wildman–Crippen LogP) is 3.30. The third-order valence-corrected chi connectivity index (χ3v) is 4.79. The summed E-state index contributed by atoms with van der Waals surface area (Å²) in [6, 6.07) is 14.4. The van der Waals surface area contributed by atoms with E-state index in [1.165, 1.54) is 19.4 Å². The number of fused-ring (bicyclic) bond motifs is 2. The SMILES string of the molecule is COc1ccc2occ(/C=C(/C#N)C(=O)N3CCc4ccccc43)c(=O)c2c1. The van der Waals surface area contributed by atoms with E-state index in [0.29, 0.717) is 23.3 Å². The van der Waals surface area contributed by atoms with Gasteiger partial charge < -0.3 is 14.1 Å². The molecule has 3 aromatic rings. The molecule has 2 heterocycles. The van der Waals surface area contributed by atoms with Crippen LogP contribution in [0.5, 0.6) is 5.75 Å². The van der Waals surface area contributed by atoms with Crippen LogP contribution in [0.4, 0.5) is 5.69 Å². The monoisotopic (exact) mass is 372 g/mol. The largest absolute Gasteiger partial charge is 0.497 e. The minimum atomic E-state index is -0.433. The normalized spacial score (nSPS) is 13.3. The smallest absolute Gasteiger partial charge is 0.268 e. The molecule has 1 amide bonds. The summed E-state index contributed by atoms with van der Waals surface area (Å²) < 4.78 is 10.6. The zero-order valence-corrected chi connectivity index (χ0v) is 15.1. The lowest BCUT2D eigenvalue weighted by atomic mass is 10.1. The number of hydrogen-bond acceptors (Lipinski definition) is 5. The van der Waals surface area contributed by atoms with Gasteiger partial charge in [-0.15, -0.1) is 0 Å². The zero-order chi connectivity index (χ0) is 19.7. The van der Waals surface area contributed by atoms with Crippen molar-refractivity contribution < 1.29 is 13.9 Å². The molecule has 28 heavy (non-hydrogen) atoms. The van der Waals surface area contributed by atoms with Crippen LogP contribution in [0.15, 0.2) is 63.5 Å². The molecular formula is C22H16N2O4. The van der Waals surface area contributed by atoms with Crippen LogP contribution in [0.1, 0.15) is 11.1 Å². The molecule has 0 aliphatic carbocycles. The predicted molar refractivity (Wildman–Crippen MR) is 105 cm³/mol. The molecule has 6 heteroatoms. The number of nitrogens with zero attached hydrogens (tertiary/aromatic N) is 2. The van der Waals surface area contributed by atoms with E-state index in [1.807, 2.05) is 30.3 Å². The summed E-state index contributed by atoms with van der Waals surface area (Å²) in [5, 5.41) is 9.86. The summed E-state index contributed by atoms with van der Waals surface area (Å²) in [5.41, 5.74) is 1.95. The van der Waals surface area contributed by atoms with Gasteiger partial charge in [-0.2, -0.15) is 5.26 Å². The van der Waals surface area contributed by atoms with E-state index >= 15 is 0 Å². The van der Waals surface area contributed by atoms with E-state index in [9.17, 15) is 14.9 Å². The first-order chi connectivity index (χ1) is 13.6. The second-order valence-electron chi connectivity index (χ2n) is 6.39.